The van der Waals surface area contributed by atoms with Crippen LogP contribution in [-0.4, -0.2) is 25.7 Å². The third-order valence-corrected chi connectivity index (χ3v) is 5.51. The highest BCUT2D eigenvalue weighted by Crippen LogP contribution is 2.37. The smallest absolute Gasteiger partial charge is 0.262 e. The van der Waals surface area contributed by atoms with Crippen LogP contribution in [0.3, 0.4) is 0 Å². The second-order valence-electron chi connectivity index (χ2n) is 7.61. The molecule has 0 radical (unpaired) electrons. The van der Waals surface area contributed by atoms with Gasteiger partial charge in [0.1, 0.15) is 30.6 Å². The van der Waals surface area contributed by atoms with Crippen molar-refractivity contribution < 1.29 is 19.0 Å². The van der Waals surface area contributed by atoms with Crippen molar-refractivity contribution in [3.8, 4) is 23.3 Å². The third kappa shape index (κ3) is 7.90. The third-order valence-electron chi connectivity index (χ3n) is 4.92. The molecule has 0 aliphatic carbocycles. The molecule has 180 valence electrons. The minimum absolute atomic E-state index is 0.00422. The van der Waals surface area contributed by atoms with E-state index in [-0.39, 0.29) is 5.57 Å². The molecule has 3 rings (SSSR count). The molecule has 0 atom stereocenters. The van der Waals surface area contributed by atoms with Crippen LogP contribution in [-0.2, 0) is 11.3 Å². The van der Waals surface area contributed by atoms with E-state index >= 15 is 0 Å². The molecule has 0 bridgehead atoms. The van der Waals surface area contributed by atoms with E-state index in [9.17, 15) is 10.1 Å². The maximum absolute atomic E-state index is 12.5. The van der Waals surface area contributed by atoms with Crippen LogP contribution in [0.4, 0.5) is 0 Å². The van der Waals surface area contributed by atoms with E-state index in [2.05, 4.69) is 21.2 Å². The lowest BCUT2D eigenvalue weighted by Crippen LogP contribution is -2.23. The van der Waals surface area contributed by atoms with Gasteiger partial charge in [0.15, 0.2) is 11.5 Å². The fourth-order valence-corrected chi connectivity index (χ4v) is 3.77. The summed E-state index contributed by atoms with van der Waals surface area (Å²) in [4.78, 5) is 12.5. The second-order valence-corrected chi connectivity index (χ2v) is 8.47. The van der Waals surface area contributed by atoms with Crippen molar-refractivity contribution in [3.63, 3.8) is 0 Å². The van der Waals surface area contributed by atoms with Gasteiger partial charge in [-0.3, -0.25) is 4.79 Å². The number of amides is 1. The summed E-state index contributed by atoms with van der Waals surface area (Å²) < 4.78 is 18.1. The topological polar surface area (TPSA) is 80.6 Å². The molecule has 0 saturated carbocycles. The van der Waals surface area contributed by atoms with E-state index in [1.165, 1.54) is 11.6 Å². The molecule has 0 spiro atoms. The monoisotopic (exact) mass is 534 g/mol. The molecule has 1 N–H and O–H groups in total. The standard InChI is InChI=1S/C28H27BrN2O4/c1-3-33-26-17-22(15-23(18-30)28(32)31-19-21-7-5-4-6-8-21)16-25(29)27(26)35-14-13-34-24-11-9-20(2)10-12-24/h4-12,15-17H,3,13-14,19H2,1-2H3,(H,31,32)/b23-15+. The van der Waals surface area contributed by atoms with E-state index in [4.69, 9.17) is 14.2 Å². The number of benzene rings is 3. The summed E-state index contributed by atoms with van der Waals surface area (Å²) in [5.41, 5.74) is 2.75. The lowest BCUT2D eigenvalue weighted by Gasteiger charge is -2.15. The quantitative estimate of drug-likeness (QED) is 0.190. The number of aryl methyl sites for hydroxylation is 1. The van der Waals surface area contributed by atoms with Gasteiger partial charge in [0, 0.05) is 6.54 Å². The molecule has 3 aromatic carbocycles. The Morgan fingerprint density at radius 3 is 2.43 bits per heavy atom. The van der Waals surface area contributed by atoms with Crippen molar-refractivity contribution in [1.29, 1.82) is 5.26 Å². The number of ether oxygens (including phenoxy) is 3. The highest BCUT2D eigenvalue weighted by Gasteiger charge is 2.14. The first kappa shape index (κ1) is 25.9. The van der Waals surface area contributed by atoms with Gasteiger partial charge in [-0.05, 0) is 71.2 Å². The zero-order valence-corrected chi connectivity index (χ0v) is 21.3. The Labute approximate surface area is 214 Å². The Morgan fingerprint density at radius 2 is 1.74 bits per heavy atom. The molecule has 35 heavy (non-hydrogen) atoms. The summed E-state index contributed by atoms with van der Waals surface area (Å²) in [7, 11) is 0. The maximum Gasteiger partial charge on any atom is 0.262 e. The molecule has 0 heterocycles. The molecular formula is C28H27BrN2O4. The summed E-state index contributed by atoms with van der Waals surface area (Å²) >= 11 is 3.52. The Kier molecular flexibility index (Phi) is 9.76. The fourth-order valence-electron chi connectivity index (χ4n) is 3.20. The van der Waals surface area contributed by atoms with Gasteiger partial charge in [0.2, 0.25) is 0 Å². The molecule has 3 aromatic rings. The number of hydrogen-bond donors (Lipinski definition) is 1. The van der Waals surface area contributed by atoms with E-state index in [1.54, 1.807) is 12.1 Å². The highest BCUT2D eigenvalue weighted by molar-refractivity contribution is 9.10. The fraction of sp³-hybridized carbons (Fsp3) is 0.214. The van der Waals surface area contributed by atoms with E-state index in [1.807, 2.05) is 74.5 Å². The summed E-state index contributed by atoms with van der Waals surface area (Å²) in [5, 5.41) is 12.3. The number of nitrogens with one attached hydrogen (secondary N) is 1. The van der Waals surface area contributed by atoms with Gasteiger partial charge in [-0.25, -0.2) is 0 Å². The van der Waals surface area contributed by atoms with E-state index in [0.29, 0.717) is 47.9 Å². The van der Waals surface area contributed by atoms with Crippen LogP contribution in [0.25, 0.3) is 6.08 Å². The molecule has 0 fully saturated rings. The summed E-state index contributed by atoms with van der Waals surface area (Å²) in [6.45, 7) is 5.34. The average Bonchev–Trinajstić information content (AvgIpc) is 2.86. The summed E-state index contributed by atoms with van der Waals surface area (Å²) in [6, 6.07) is 22.8. The van der Waals surface area contributed by atoms with Gasteiger partial charge in [-0.15, -0.1) is 0 Å². The predicted molar refractivity (Wildman–Crippen MR) is 139 cm³/mol. The first-order chi connectivity index (χ1) is 17.0. The normalized spacial score (nSPS) is 10.9. The number of nitriles is 1. The lowest BCUT2D eigenvalue weighted by molar-refractivity contribution is -0.117. The van der Waals surface area contributed by atoms with Gasteiger partial charge in [0.05, 0.1) is 11.1 Å². The van der Waals surface area contributed by atoms with Crippen molar-refractivity contribution in [2.75, 3.05) is 19.8 Å². The SMILES string of the molecule is CCOc1cc(/C=C(\C#N)C(=O)NCc2ccccc2)cc(Br)c1OCCOc1ccc(C)cc1. The van der Waals surface area contributed by atoms with Crippen molar-refractivity contribution in [2.45, 2.75) is 20.4 Å². The van der Waals surface area contributed by atoms with Crippen molar-refractivity contribution in [3.05, 3.63) is 93.5 Å². The molecule has 6 nitrogen and oxygen atoms in total. The minimum Gasteiger partial charge on any atom is -0.490 e. The molecule has 7 heteroatoms. The number of hydrogen-bond acceptors (Lipinski definition) is 5. The predicted octanol–water partition coefficient (Wildman–Crippen LogP) is 5.84. The van der Waals surface area contributed by atoms with Crippen LogP contribution in [0.5, 0.6) is 17.2 Å². The molecule has 0 aliphatic heterocycles. The Bertz CT molecular complexity index is 1200. The molecule has 0 aromatic heterocycles. The van der Waals surface area contributed by atoms with Crippen LogP contribution in [0.15, 0.2) is 76.8 Å². The van der Waals surface area contributed by atoms with Gasteiger partial charge in [-0.1, -0.05) is 48.0 Å². The highest BCUT2D eigenvalue weighted by atomic mass is 79.9. The lowest BCUT2D eigenvalue weighted by atomic mass is 10.1. The number of nitrogens with zero attached hydrogens (tertiary/aromatic N) is 1. The first-order valence-corrected chi connectivity index (χ1v) is 12.0. The number of carbonyl (C=O) groups is 1. The van der Waals surface area contributed by atoms with Crippen molar-refractivity contribution in [1.82, 2.24) is 5.32 Å². The molecule has 0 saturated heterocycles. The molecule has 0 aliphatic rings. The number of rotatable bonds is 11. The summed E-state index contributed by atoms with van der Waals surface area (Å²) in [6.07, 6.45) is 1.53. The van der Waals surface area contributed by atoms with Crippen LogP contribution in [0.1, 0.15) is 23.6 Å². The van der Waals surface area contributed by atoms with Crippen LogP contribution < -0.4 is 19.5 Å². The Morgan fingerprint density at radius 1 is 1.03 bits per heavy atom. The Balaban J connectivity index is 1.68. The van der Waals surface area contributed by atoms with Gasteiger partial charge >= 0.3 is 0 Å². The average molecular weight is 535 g/mol. The zero-order valence-electron chi connectivity index (χ0n) is 19.7. The van der Waals surface area contributed by atoms with Crippen LogP contribution in [0, 0.1) is 18.3 Å². The zero-order chi connectivity index (χ0) is 25.0. The largest absolute Gasteiger partial charge is 0.490 e. The van der Waals surface area contributed by atoms with Gasteiger partial charge in [-0.2, -0.15) is 5.26 Å². The Hall–Kier alpha value is -3.76. The van der Waals surface area contributed by atoms with Gasteiger partial charge < -0.3 is 19.5 Å². The van der Waals surface area contributed by atoms with Crippen molar-refractivity contribution in [2.24, 2.45) is 0 Å². The molecule has 0 unspecified atom stereocenters. The van der Waals surface area contributed by atoms with Crippen molar-refractivity contribution >= 4 is 27.9 Å². The first-order valence-electron chi connectivity index (χ1n) is 11.2. The van der Waals surface area contributed by atoms with Gasteiger partial charge in [0.25, 0.3) is 5.91 Å². The summed E-state index contributed by atoms with van der Waals surface area (Å²) in [5.74, 6) is 1.37. The van der Waals surface area contributed by atoms with Crippen LogP contribution >= 0.6 is 15.9 Å². The minimum atomic E-state index is -0.445. The van der Waals surface area contributed by atoms with E-state index in [0.717, 1.165) is 11.3 Å². The maximum atomic E-state index is 12.5. The van der Waals surface area contributed by atoms with Crippen LogP contribution in [0.2, 0.25) is 0 Å². The molecule has 1 amide bonds. The van der Waals surface area contributed by atoms with E-state index < -0.39 is 5.91 Å². The number of halogens is 1. The second kappa shape index (κ2) is 13.2. The molecular weight excluding hydrogens is 508 g/mol. The number of carbonyl (C=O) groups excluding carboxylic acids is 1.